The van der Waals surface area contributed by atoms with Crippen LogP contribution >= 0.6 is 24.0 Å². The van der Waals surface area contributed by atoms with Crippen molar-refractivity contribution in [1.82, 2.24) is 20.9 Å². The van der Waals surface area contributed by atoms with E-state index in [0.29, 0.717) is 31.2 Å². The number of halogens is 1. The molecular formula is C24H34IN5O3. The van der Waals surface area contributed by atoms with Crippen LogP contribution in [0.5, 0.6) is 5.75 Å². The third-order valence-electron chi connectivity index (χ3n) is 5.41. The minimum atomic E-state index is -0.0813. The molecule has 1 heterocycles. The van der Waals surface area contributed by atoms with Gasteiger partial charge < -0.3 is 25.4 Å². The van der Waals surface area contributed by atoms with Gasteiger partial charge in [-0.15, -0.1) is 24.0 Å². The van der Waals surface area contributed by atoms with E-state index in [1.165, 1.54) is 5.56 Å². The quantitative estimate of drug-likeness (QED) is 0.187. The van der Waals surface area contributed by atoms with E-state index < -0.39 is 0 Å². The van der Waals surface area contributed by atoms with Crippen molar-refractivity contribution in [3.63, 3.8) is 0 Å². The van der Waals surface area contributed by atoms with Gasteiger partial charge in [-0.1, -0.05) is 30.3 Å². The van der Waals surface area contributed by atoms with E-state index in [4.69, 9.17) is 9.47 Å². The molecular weight excluding hydrogens is 533 g/mol. The van der Waals surface area contributed by atoms with Crippen LogP contribution in [0.25, 0.3) is 0 Å². The molecule has 0 aromatic heterocycles. The van der Waals surface area contributed by atoms with Crippen molar-refractivity contribution in [2.24, 2.45) is 4.99 Å². The Hall–Kier alpha value is -2.37. The van der Waals surface area contributed by atoms with Crippen LogP contribution in [-0.2, 0) is 4.74 Å². The van der Waals surface area contributed by atoms with Gasteiger partial charge in [0.1, 0.15) is 5.75 Å². The lowest BCUT2D eigenvalue weighted by Crippen LogP contribution is -2.47. The number of ether oxygens (including phenoxy) is 2. The van der Waals surface area contributed by atoms with E-state index >= 15 is 0 Å². The molecule has 8 nitrogen and oxygen atoms in total. The molecule has 1 fully saturated rings. The largest absolute Gasteiger partial charge is 0.497 e. The van der Waals surface area contributed by atoms with Gasteiger partial charge in [0, 0.05) is 45.3 Å². The minimum absolute atomic E-state index is 0. The molecule has 180 valence electrons. The smallest absolute Gasteiger partial charge is 0.251 e. The summed E-state index contributed by atoms with van der Waals surface area (Å²) in [5.74, 6) is 1.46. The number of morpholine rings is 1. The Kier molecular flexibility index (Phi) is 12.0. The molecule has 2 aromatic carbocycles. The molecule has 2 aromatic rings. The fraction of sp³-hybridized carbons (Fsp3) is 0.417. The standard InChI is InChI=1S/C24H33N5O3.HI/c1-25-24(27-13-12-26-23(30)20-6-4-3-5-7-20)28-18-22(29-14-16-32-17-15-29)19-8-10-21(31-2)11-9-19;/h3-11,22H,12-18H2,1-2H3,(H,26,30)(H2,25,27,28);1H. The number of carbonyl (C=O) groups is 1. The van der Waals surface area contributed by atoms with E-state index in [0.717, 1.165) is 32.1 Å². The van der Waals surface area contributed by atoms with Crippen molar-refractivity contribution < 1.29 is 14.3 Å². The molecule has 1 unspecified atom stereocenters. The number of hydrogen-bond donors (Lipinski definition) is 3. The monoisotopic (exact) mass is 567 g/mol. The van der Waals surface area contributed by atoms with E-state index in [2.05, 4.69) is 38.0 Å². The first-order chi connectivity index (χ1) is 15.7. The maximum absolute atomic E-state index is 12.1. The lowest BCUT2D eigenvalue weighted by Gasteiger charge is -2.35. The van der Waals surface area contributed by atoms with Gasteiger partial charge in [-0.25, -0.2) is 0 Å². The van der Waals surface area contributed by atoms with Crippen molar-refractivity contribution in [2.75, 3.05) is 60.1 Å². The molecule has 3 N–H and O–H groups in total. The predicted octanol–water partition coefficient (Wildman–Crippen LogP) is 2.28. The first-order valence-electron chi connectivity index (χ1n) is 10.9. The Bertz CT molecular complexity index is 858. The minimum Gasteiger partial charge on any atom is -0.497 e. The summed E-state index contributed by atoms with van der Waals surface area (Å²) in [6, 6.07) is 17.6. The summed E-state index contributed by atoms with van der Waals surface area (Å²) >= 11 is 0. The normalized spacial score (nSPS) is 15.2. The molecule has 1 atom stereocenters. The molecule has 1 aliphatic rings. The first kappa shape index (κ1) is 26.9. The number of amides is 1. The number of methoxy groups -OCH3 is 1. The second-order valence-corrected chi connectivity index (χ2v) is 7.44. The van der Waals surface area contributed by atoms with Gasteiger partial charge >= 0.3 is 0 Å². The highest BCUT2D eigenvalue weighted by molar-refractivity contribution is 14.0. The summed E-state index contributed by atoms with van der Waals surface area (Å²) in [7, 11) is 3.42. The number of aliphatic imine (C=N–C) groups is 1. The summed E-state index contributed by atoms with van der Waals surface area (Å²) in [6.07, 6.45) is 0. The second-order valence-electron chi connectivity index (χ2n) is 7.44. The van der Waals surface area contributed by atoms with Gasteiger partial charge in [0.2, 0.25) is 0 Å². The van der Waals surface area contributed by atoms with Crippen LogP contribution in [0, 0.1) is 0 Å². The van der Waals surface area contributed by atoms with Gasteiger partial charge in [-0.2, -0.15) is 0 Å². The highest BCUT2D eigenvalue weighted by Crippen LogP contribution is 2.23. The zero-order valence-corrected chi connectivity index (χ0v) is 21.6. The molecule has 1 aliphatic heterocycles. The highest BCUT2D eigenvalue weighted by Gasteiger charge is 2.23. The van der Waals surface area contributed by atoms with Crippen molar-refractivity contribution in [1.29, 1.82) is 0 Å². The molecule has 9 heteroatoms. The molecule has 3 rings (SSSR count). The Morgan fingerprint density at radius 2 is 1.70 bits per heavy atom. The van der Waals surface area contributed by atoms with E-state index in [9.17, 15) is 4.79 Å². The number of nitrogens with one attached hydrogen (secondary N) is 3. The number of nitrogens with zero attached hydrogens (tertiary/aromatic N) is 2. The summed E-state index contributed by atoms with van der Waals surface area (Å²) in [5, 5.41) is 9.60. The van der Waals surface area contributed by atoms with Gasteiger partial charge in [0.15, 0.2) is 5.96 Å². The summed E-state index contributed by atoms with van der Waals surface area (Å²) in [4.78, 5) is 18.9. The zero-order chi connectivity index (χ0) is 22.6. The van der Waals surface area contributed by atoms with Crippen molar-refractivity contribution in [3.8, 4) is 5.75 Å². The van der Waals surface area contributed by atoms with Crippen LogP contribution in [0.15, 0.2) is 59.6 Å². The molecule has 0 aliphatic carbocycles. The summed E-state index contributed by atoms with van der Waals surface area (Å²) < 4.78 is 10.8. The average Bonchev–Trinajstić information content (AvgIpc) is 2.86. The predicted molar refractivity (Wildman–Crippen MR) is 142 cm³/mol. The van der Waals surface area contributed by atoms with Crippen molar-refractivity contribution in [3.05, 3.63) is 65.7 Å². The molecule has 0 saturated carbocycles. The molecule has 0 spiro atoms. The first-order valence-corrected chi connectivity index (χ1v) is 10.9. The third kappa shape index (κ3) is 8.49. The fourth-order valence-electron chi connectivity index (χ4n) is 3.64. The zero-order valence-electron chi connectivity index (χ0n) is 19.3. The second kappa shape index (κ2) is 14.7. The summed E-state index contributed by atoms with van der Waals surface area (Å²) in [5.41, 5.74) is 1.87. The van der Waals surface area contributed by atoms with Crippen LogP contribution < -0.4 is 20.7 Å². The van der Waals surface area contributed by atoms with Crippen LogP contribution in [0.2, 0.25) is 0 Å². The van der Waals surface area contributed by atoms with Crippen LogP contribution in [0.4, 0.5) is 0 Å². The van der Waals surface area contributed by atoms with Gasteiger partial charge in [0.05, 0.1) is 26.4 Å². The number of carbonyl (C=O) groups excluding carboxylic acids is 1. The molecule has 1 amide bonds. The van der Waals surface area contributed by atoms with Crippen molar-refractivity contribution in [2.45, 2.75) is 6.04 Å². The summed E-state index contributed by atoms with van der Waals surface area (Å²) in [6.45, 7) is 5.01. The molecule has 33 heavy (non-hydrogen) atoms. The van der Waals surface area contributed by atoms with Crippen LogP contribution in [0.3, 0.4) is 0 Å². The SMILES string of the molecule is CN=C(NCCNC(=O)c1ccccc1)NCC(c1ccc(OC)cc1)N1CCOCC1.I. The third-order valence-corrected chi connectivity index (χ3v) is 5.41. The Labute approximate surface area is 213 Å². The van der Waals surface area contributed by atoms with Crippen molar-refractivity contribution >= 4 is 35.8 Å². The molecule has 1 saturated heterocycles. The molecule has 0 radical (unpaired) electrons. The Morgan fingerprint density at radius 1 is 1.03 bits per heavy atom. The lowest BCUT2D eigenvalue weighted by atomic mass is 10.0. The Balaban J connectivity index is 0.00000385. The molecule has 0 bridgehead atoms. The fourth-order valence-corrected chi connectivity index (χ4v) is 3.64. The number of hydrogen-bond acceptors (Lipinski definition) is 5. The number of guanidine groups is 1. The maximum Gasteiger partial charge on any atom is 0.251 e. The number of rotatable bonds is 9. The number of benzene rings is 2. The topological polar surface area (TPSA) is 87.2 Å². The van der Waals surface area contributed by atoms with E-state index in [-0.39, 0.29) is 35.9 Å². The van der Waals surface area contributed by atoms with Crippen LogP contribution in [-0.4, -0.2) is 76.9 Å². The maximum atomic E-state index is 12.1. The van der Waals surface area contributed by atoms with E-state index in [1.54, 1.807) is 26.3 Å². The highest BCUT2D eigenvalue weighted by atomic mass is 127. The van der Waals surface area contributed by atoms with E-state index in [1.807, 2.05) is 30.3 Å². The van der Waals surface area contributed by atoms with Gasteiger partial charge in [-0.05, 0) is 29.8 Å². The van der Waals surface area contributed by atoms with Gasteiger partial charge in [-0.3, -0.25) is 14.7 Å². The Morgan fingerprint density at radius 3 is 2.33 bits per heavy atom. The average molecular weight is 567 g/mol. The van der Waals surface area contributed by atoms with Crippen LogP contribution in [0.1, 0.15) is 22.0 Å². The lowest BCUT2D eigenvalue weighted by molar-refractivity contribution is 0.0170. The van der Waals surface area contributed by atoms with Gasteiger partial charge in [0.25, 0.3) is 5.91 Å².